The number of rotatable bonds is 6. The molecule has 0 spiro atoms. The molecule has 29 heavy (non-hydrogen) atoms. The molecule has 4 rings (SSSR count). The lowest BCUT2D eigenvalue weighted by atomic mass is 10.1. The maximum atomic E-state index is 5.25. The zero-order valence-corrected chi connectivity index (χ0v) is 16.5. The first-order valence-corrected chi connectivity index (χ1v) is 9.44. The minimum absolute atomic E-state index is 0.678. The molecule has 0 saturated carbocycles. The van der Waals surface area contributed by atoms with Gasteiger partial charge in [-0.2, -0.15) is 0 Å². The number of aromatic nitrogens is 2. The fraction of sp³-hybridized carbons (Fsp3) is 0.0833. The molecule has 0 amide bonds. The molecule has 0 unspecified atom stereocenters. The molecule has 1 aromatic heterocycles. The molecule has 144 valence electrons. The quantitative estimate of drug-likeness (QED) is 0.462. The van der Waals surface area contributed by atoms with Crippen LogP contribution < -0.4 is 20.2 Å². The van der Waals surface area contributed by atoms with Crippen LogP contribution in [0.1, 0.15) is 5.56 Å². The Balaban J connectivity index is 1.70. The van der Waals surface area contributed by atoms with E-state index in [1.54, 1.807) is 7.11 Å². The number of ether oxygens (including phenoxy) is 1. The van der Waals surface area contributed by atoms with Crippen molar-refractivity contribution in [3.05, 3.63) is 96.7 Å². The first-order valence-electron chi connectivity index (χ1n) is 9.44. The predicted octanol–water partition coefficient (Wildman–Crippen LogP) is 4.97. The van der Waals surface area contributed by atoms with E-state index in [9.17, 15) is 0 Å². The van der Waals surface area contributed by atoms with Crippen molar-refractivity contribution in [3.8, 4) is 17.0 Å². The smallest absolute Gasteiger partial charge is 0.419 e. The summed E-state index contributed by atoms with van der Waals surface area (Å²) in [5.74, 6) is 1.49. The largest absolute Gasteiger partial charge is 0.497 e. The lowest BCUT2D eigenvalue weighted by Gasteiger charge is -2.10. The third kappa shape index (κ3) is 4.52. The van der Waals surface area contributed by atoms with Crippen LogP contribution in [-0.4, -0.2) is 12.1 Å². The molecule has 1 heterocycles. The maximum Gasteiger partial charge on any atom is 0.419 e. The Bertz CT molecular complexity index is 1080. The lowest BCUT2D eigenvalue weighted by Crippen LogP contribution is -2.45. The summed E-state index contributed by atoms with van der Waals surface area (Å²) in [5.41, 5.74) is 8.45. The van der Waals surface area contributed by atoms with Crippen molar-refractivity contribution >= 4 is 17.3 Å². The van der Waals surface area contributed by atoms with E-state index in [0.717, 1.165) is 28.4 Å². The average Bonchev–Trinajstić information content (AvgIpc) is 2.77. The summed E-state index contributed by atoms with van der Waals surface area (Å²) >= 11 is 0. The van der Waals surface area contributed by atoms with Crippen molar-refractivity contribution in [1.82, 2.24) is 4.98 Å². The van der Waals surface area contributed by atoms with Crippen LogP contribution in [0.2, 0.25) is 0 Å². The van der Waals surface area contributed by atoms with Gasteiger partial charge in [0.15, 0.2) is 5.69 Å². The van der Waals surface area contributed by atoms with Crippen LogP contribution in [0.15, 0.2) is 91.1 Å². The van der Waals surface area contributed by atoms with E-state index in [4.69, 9.17) is 9.72 Å². The van der Waals surface area contributed by atoms with Gasteiger partial charge in [0.1, 0.15) is 5.75 Å². The Kier molecular flexibility index (Phi) is 5.38. The Morgan fingerprint density at radius 2 is 1.52 bits per heavy atom. The van der Waals surface area contributed by atoms with E-state index in [1.807, 2.05) is 71.5 Å². The van der Waals surface area contributed by atoms with E-state index in [-0.39, 0.29) is 0 Å². The van der Waals surface area contributed by atoms with Crippen molar-refractivity contribution in [2.75, 3.05) is 17.9 Å². The average molecular weight is 383 g/mol. The topological polar surface area (TPSA) is 50.1 Å². The van der Waals surface area contributed by atoms with Crippen LogP contribution in [0.25, 0.3) is 11.3 Å². The highest BCUT2D eigenvalue weighted by atomic mass is 16.5. The highest BCUT2D eigenvalue weighted by molar-refractivity contribution is 5.61. The summed E-state index contributed by atoms with van der Waals surface area (Å²) in [6, 6.07) is 28.1. The van der Waals surface area contributed by atoms with Gasteiger partial charge in [0, 0.05) is 11.6 Å². The van der Waals surface area contributed by atoms with Crippen LogP contribution in [-0.2, 0) is 0 Å². The monoisotopic (exact) mass is 383 g/mol. The predicted molar refractivity (Wildman–Crippen MR) is 116 cm³/mol. The zero-order valence-electron chi connectivity index (χ0n) is 16.5. The molecule has 0 atom stereocenters. The minimum Gasteiger partial charge on any atom is -0.497 e. The Morgan fingerprint density at radius 1 is 0.793 bits per heavy atom. The number of nitrogens with zero attached hydrogens (tertiary/aromatic N) is 2. The van der Waals surface area contributed by atoms with Crippen LogP contribution in [0.5, 0.6) is 5.75 Å². The summed E-state index contributed by atoms with van der Waals surface area (Å²) in [6.45, 7) is 2.08. The van der Waals surface area contributed by atoms with Crippen molar-refractivity contribution in [2.45, 2.75) is 6.92 Å². The van der Waals surface area contributed by atoms with Gasteiger partial charge in [-0.3, -0.25) is 0 Å². The molecule has 2 N–H and O–H groups in total. The van der Waals surface area contributed by atoms with Crippen LogP contribution in [0.4, 0.5) is 17.3 Å². The molecule has 0 aliphatic carbocycles. The highest BCUT2D eigenvalue weighted by Crippen LogP contribution is 2.21. The number of hydrogen-bond acceptors (Lipinski definition) is 4. The Morgan fingerprint density at radius 3 is 2.21 bits per heavy atom. The first-order chi connectivity index (χ1) is 14.2. The second-order valence-corrected chi connectivity index (χ2v) is 6.70. The molecule has 5 nitrogen and oxygen atoms in total. The van der Waals surface area contributed by atoms with Gasteiger partial charge in [0.25, 0.3) is 0 Å². The standard InChI is InChI=1S/C24H22N4O/c1-18-8-10-19(11-9-18)23-16-17-28(27-21-6-4-3-5-7-21)24(26-23)25-20-12-14-22(29-2)15-13-20/h3-17,27H,1-2H3/p+1. The second-order valence-electron chi connectivity index (χ2n) is 6.70. The first kappa shape index (κ1) is 18.5. The van der Waals surface area contributed by atoms with Gasteiger partial charge in [-0.1, -0.05) is 53.0 Å². The van der Waals surface area contributed by atoms with Crippen molar-refractivity contribution in [1.29, 1.82) is 0 Å². The van der Waals surface area contributed by atoms with Gasteiger partial charge in [0.2, 0.25) is 0 Å². The number of anilines is 3. The molecule has 0 saturated heterocycles. The van der Waals surface area contributed by atoms with Crippen LogP contribution in [0.3, 0.4) is 0 Å². The van der Waals surface area contributed by atoms with Gasteiger partial charge in [0.05, 0.1) is 24.7 Å². The number of nitrogens with one attached hydrogen (secondary N) is 2. The SMILES string of the molecule is COc1ccc(Nc2nc(-c3ccc(C)cc3)cc[n+]2Nc2ccccc2)cc1. The van der Waals surface area contributed by atoms with Gasteiger partial charge in [-0.05, 0) is 43.3 Å². The molecule has 0 aliphatic rings. The minimum atomic E-state index is 0.678. The zero-order chi connectivity index (χ0) is 20.1. The normalized spacial score (nSPS) is 10.4. The molecule has 3 aromatic carbocycles. The molecule has 0 radical (unpaired) electrons. The number of aryl methyl sites for hydroxylation is 1. The van der Waals surface area contributed by atoms with E-state index in [0.29, 0.717) is 5.95 Å². The van der Waals surface area contributed by atoms with E-state index in [2.05, 4.69) is 41.9 Å². The van der Waals surface area contributed by atoms with Crippen molar-refractivity contribution in [2.24, 2.45) is 0 Å². The van der Waals surface area contributed by atoms with Gasteiger partial charge < -0.3 is 4.74 Å². The molecule has 4 aromatic rings. The number of benzene rings is 3. The molecular formula is C24H23N4O+. The lowest BCUT2D eigenvalue weighted by molar-refractivity contribution is -0.630. The van der Waals surface area contributed by atoms with Gasteiger partial charge in [-0.25, -0.2) is 10.7 Å². The fourth-order valence-electron chi connectivity index (χ4n) is 2.94. The summed E-state index contributed by atoms with van der Waals surface area (Å²) in [6.07, 6.45) is 1.97. The van der Waals surface area contributed by atoms with Gasteiger partial charge in [-0.15, -0.1) is 4.68 Å². The third-order valence-electron chi connectivity index (χ3n) is 4.55. The number of para-hydroxylation sites is 1. The van der Waals surface area contributed by atoms with E-state index < -0.39 is 0 Å². The Labute approximate surface area is 170 Å². The Hall–Kier alpha value is -3.86. The number of methoxy groups -OCH3 is 1. The molecule has 5 heteroatoms. The third-order valence-corrected chi connectivity index (χ3v) is 4.55. The second kappa shape index (κ2) is 8.44. The summed E-state index contributed by atoms with van der Waals surface area (Å²) in [5, 5.41) is 3.40. The van der Waals surface area contributed by atoms with Crippen molar-refractivity contribution < 1.29 is 9.41 Å². The van der Waals surface area contributed by atoms with Crippen LogP contribution >= 0.6 is 0 Å². The molecule has 0 fully saturated rings. The summed E-state index contributed by atoms with van der Waals surface area (Å²) in [4.78, 5) is 4.86. The maximum absolute atomic E-state index is 5.25. The van der Waals surface area contributed by atoms with E-state index >= 15 is 0 Å². The van der Waals surface area contributed by atoms with Crippen molar-refractivity contribution in [3.63, 3.8) is 0 Å². The fourth-order valence-corrected chi connectivity index (χ4v) is 2.94. The highest BCUT2D eigenvalue weighted by Gasteiger charge is 2.16. The molecular weight excluding hydrogens is 360 g/mol. The number of hydrogen-bond donors (Lipinski definition) is 2. The van der Waals surface area contributed by atoms with E-state index in [1.165, 1.54) is 5.56 Å². The molecule has 0 aliphatic heterocycles. The molecule has 0 bridgehead atoms. The summed E-state index contributed by atoms with van der Waals surface area (Å²) < 4.78 is 7.12. The van der Waals surface area contributed by atoms with Gasteiger partial charge >= 0.3 is 5.95 Å². The van der Waals surface area contributed by atoms with Crippen LogP contribution in [0, 0.1) is 6.92 Å². The summed E-state index contributed by atoms with van der Waals surface area (Å²) in [7, 11) is 1.66.